The molecule has 140 valence electrons. The third-order valence-electron chi connectivity index (χ3n) is 5.06. The molecule has 0 spiro atoms. The Kier molecular flexibility index (Phi) is 6.98. The molecule has 1 aliphatic rings. The number of hydrogen-bond donors (Lipinski definition) is 1. The van der Waals surface area contributed by atoms with Gasteiger partial charge in [0.15, 0.2) is 0 Å². The van der Waals surface area contributed by atoms with E-state index in [4.69, 9.17) is 5.11 Å². The summed E-state index contributed by atoms with van der Waals surface area (Å²) in [4.78, 5) is 14.1. The van der Waals surface area contributed by atoms with E-state index in [1.807, 2.05) is 6.92 Å². The lowest BCUT2D eigenvalue weighted by Crippen LogP contribution is -2.45. The standard InChI is InChI=1S/C18H28N2O4S/c1-3-15-14-20(25(23,24)17-7-5-4-6-8-17)10-9-16(15)13-18(22)19(2)11-12-21/h4-8,15-16,21H,3,9-14H2,1-2H3. The first kappa shape index (κ1) is 19.9. The molecule has 0 bridgehead atoms. The minimum absolute atomic E-state index is 0.0110. The van der Waals surface area contributed by atoms with E-state index >= 15 is 0 Å². The highest BCUT2D eigenvalue weighted by Gasteiger charge is 2.35. The number of benzene rings is 1. The van der Waals surface area contributed by atoms with Crippen LogP contribution in [0.2, 0.25) is 0 Å². The highest BCUT2D eigenvalue weighted by Crippen LogP contribution is 2.32. The monoisotopic (exact) mass is 368 g/mol. The van der Waals surface area contributed by atoms with Crippen molar-refractivity contribution in [3.8, 4) is 0 Å². The average molecular weight is 368 g/mol. The highest BCUT2D eigenvalue weighted by molar-refractivity contribution is 7.89. The molecule has 25 heavy (non-hydrogen) atoms. The summed E-state index contributed by atoms with van der Waals surface area (Å²) in [5, 5.41) is 8.95. The quantitative estimate of drug-likeness (QED) is 0.792. The maximum Gasteiger partial charge on any atom is 0.243 e. The van der Waals surface area contributed by atoms with Crippen molar-refractivity contribution >= 4 is 15.9 Å². The van der Waals surface area contributed by atoms with Crippen molar-refractivity contribution in [1.29, 1.82) is 0 Å². The molecule has 1 aromatic carbocycles. The molecule has 2 atom stereocenters. The Labute approximate surface area is 150 Å². The van der Waals surface area contributed by atoms with Gasteiger partial charge in [0.25, 0.3) is 0 Å². The van der Waals surface area contributed by atoms with Gasteiger partial charge < -0.3 is 10.0 Å². The van der Waals surface area contributed by atoms with Gasteiger partial charge in [0, 0.05) is 33.1 Å². The van der Waals surface area contributed by atoms with Gasteiger partial charge in [-0.2, -0.15) is 4.31 Å². The molecule has 1 aliphatic heterocycles. The number of carbonyl (C=O) groups excluding carboxylic acids is 1. The first-order chi connectivity index (χ1) is 11.9. The maximum atomic E-state index is 12.8. The molecule has 1 fully saturated rings. The average Bonchev–Trinajstić information content (AvgIpc) is 2.62. The zero-order chi connectivity index (χ0) is 18.4. The van der Waals surface area contributed by atoms with Crippen molar-refractivity contribution in [2.24, 2.45) is 11.8 Å². The number of piperidine rings is 1. The topological polar surface area (TPSA) is 77.9 Å². The number of aliphatic hydroxyl groups is 1. The molecule has 1 N–H and O–H groups in total. The molecular formula is C18H28N2O4S. The zero-order valence-electron chi connectivity index (χ0n) is 15.0. The van der Waals surface area contributed by atoms with Crippen LogP contribution in [0.1, 0.15) is 26.2 Å². The summed E-state index contributed by atoms with van der Waals surface area (Å²) in [6.07, 6.45) is 1.93. The number of carbonyl (C=O) groups is 1. The summed E-state index contributed by atoms with van der Waals surface area (Å²) >= 11 is 0. The Morgan fingerprint density at radius 3 is 2.56 bits per heavy atom. The van der Waals surface area contributed by atoms with Gasteiger partial charge in [-0.25, -0.2) is 8.42 Å². The van der Waals surface area contributed by atoms with Crippen LogP contribution in [0.25, 0.3) is 0 Å². The van der Waals surface area contributed by atoms with Gasteiger partial charge in [0.2, 0.25) is 15.9 Å². The molecule has 1 heterocycles. The summed E-state index contributed by atoms with van der Waals surface area (Å²) in [6.45, 7) is 3.22. The summed E-state index contributed by atoms with van der Waals surface area (Å²) < 4.78 is 27.1. The number of amides is 1. The minimum Gasteiger partial charge on any atom is -0.395 e. The van der Waals surface area contributed by atoms with Crippen LogP contribution in [0.15, 0.2) is 35.2 Å². The predicted octanol–water partition coefficient (Wildman–Crippen LogP) is 1.56. The number of nitrogens with zero attached hydrogens (tertiary/aromatic N) is 2. The van der Waals surface area contributed by atoms with E-state index in [2.05, 4.69) is 0 Å². The molecule has 1 aromatic rings. The Hall–Kier alpha value is -1.44. The second-order valence-corrected chi connectivity index (χ2v) is 8.57. The maximum absolute atomic E-state index is 12.8. The summed E-state index contributed by atoms with van der Waals surface area (Å²) in [5.74, 6) is 0.358. The molecule has 0 saturated carbocycles. The molecular weight excluding hydrogens is 340 g/mol. The van der Waals surface area contributed by atoms with Crippen molar-refractivity contribution < 1.29 is 18.3 Å². The lowest BCUT2D eigenvalue weighted by atomic mass is 9.82. The lowest BCUT2D eigenvalue weighted by Gasteiger charge is -2.37. The second kappa shape index (κ2) is 8.78. The van der Waals surface area contributed by atoms with Crippen molar-refractivity contribution in [1.82, 2.24) is 9.21 Å². The normalized spacial score (nSPS) is 21.9. The Morgan fingerprint density at radius 2 is 1.96 bits per heavy atom. The Balaban J connectivity index is 2.05. The van der Waals surface area contributed by atoms with Crippen LogP contribution in [0.3, 0.4) is 0 Å². The van der Waals surface area contributed by atoms with Gasteiger partial charge in [-0.05, 0) is 30.4 Å². The molecule has 2 rings (SSSR count). The van der Waals surface area contributed by atoms with E-state index in [-0.39, 0.29) is 24.3 Å². The third kappa shape index (κ3) is 4.80. The van der Waals surface area contributed by atoms with Crippen LogP contribution in [-0.2, 0) is 14.8 Å². The predicted molar refractivity (Wildman–Crippen MR) is 96.4 cm³/mol. The molecule has 0 aliphatic carbocycles. The van der Waals surface area contributed by atoms with Crippen LogP contribution in [0, 0.1) is 11.8 Å². The first-order valence-electron chi connectivity index (χ1n) is 8.80. The number of hydrogen-bond acceptors (Lipinski definition) is 4. The summed E-state index contributed by atoms with van der Waals surface area (Å²) in [7, 11) is -1.79. The third-order valence-corrected chi connectivity index (χ3v) is 6.94. The fourth-order valence-corrected chi connectivity index (χ4v) is 4.93. The lowest BCUT2D eigenvalue weighted by molar-refractivity contribution is -0.132. The first-order valence-corrected chi connectivity index (χ1v) is 10.2. The highest BCUT2D eigenvalue weighted by atomic mass is 32.2. The van der Waals surface area contributed by atoms with Crippen LogP contribution in [0.5, 0.6) is 0 Å². The Bertz CT molecular complexity index is 663. The number of aliphatic hydroxyl groups excluding tert-OH is 1. The van der Waals surface area contributed by atoms with Crippen LogP contribution >= 0.6 is 0 Å². The van der Waals surface area contributed by atoms with E-state index in [9.17, 15) is 13.2 Å². The number of rotatable bonds is 7. The smallest absolute Gasteiger partial charge is 0.243 e. The molecule has 0 radical (unpaired) electrons. The van der Waals surface area contributed by atoms with Gasteiger partial charge in [0.05, 0.1) is 11.5 Å². The zero-order valence-corrected chi connectivity index (χ0v) is 15.8. The molecule has 2 unspecified atom stereocenters. The van der Waals surface area contributed by atoms with E-state index in [1.54, 1.807) is 46.6 Å². The van der Waals surface area contributed by atoms with Crippen molar-refractivity contribution in [3.63, 3.8) is 0 Å². The van der Waals surface area contributed by atoms with Crippen molar-refractivity contribution in [2.75, 3.05) is 33.3 Å². The van der Waals surface area contributed by atoms with Crippen molar-refractivity contribution in [2.45, 2.75) is 31.1 Å². The largest absolute Gasteiger partial charge is 0.395 e. The van der Waals surface area contributed by atoms with Crippen LogP contribution in [0.4, 0.5) is 0 Å². The molecule has 0 aromatic heterocycles. The molecule has 7 heteroatoms. The SMILES string of the molecule is CCC1CN(S(=O)(=O)c2ccccc2)CCC1CC(=O)N(C)CCO. The number of sulfonamides is 1. The molecule has 6 nitrogen and oxygen atoms in total. The van der Waals surface area contributed by atoms with Crippen LogP contribution in [-0.4, -0.2) is 61.9 Å². The van der Waals surface area contributed by atoms with Crippen LogP contribution < -0.4 is 0 Å². The fourth-order valence-electron chi connectivity index (χ4n) is 3.39. The van der Waals surface area contributed by atoms with E-state index in [0.29, 0.717) is 37.4 Å². The Morgan fingerprint density at radius 1 is 1.28 bits per heavy atom. The van der Waals surface area contributed by atoms with Gasteiger partial charge in [-0.3, -0.25) is 4.79 Å². The van der Waals surface area contributed by atoms with Gasteiger partial charge >= 0.3 is 0 Å². The minimum atomic E-state index is -3.48. The van der Waals surface area contributed by atoms with Gasteiger partial charge in [0.1, 0.15) is 0 Å². The van der Waals surface area contributed by atoms with Gasteiger partial charge in [-0.15, -0.1) is 0 Å². The van der Waals surface area contributed by atoms with E-state index in [1.165, 1.54) is 0 Å². The number of likely N-dealkylation sites (N-methyl/N-ethyl adjacent to an activating group) is 1. The second-order valence-electron chi connectivity index (χ2n) is 6.64. The molecule has 1 amide bonds. The van der Waals surface area contributed by atoms with Crippen molar-refractivity contribution in [3.05, 3.63) is 30.3 Å². The van der Waals surface area contributed by atoms with Gasteiger partial charge in [-0.1, -0.05) is 31.5 Å². The summed E-state index contributed by atoms with van der Waals surface area (Å²) in [6, 6.07) is 8.50. The van der Waals surface area contributed by atoms with E-state index in [0.717, 1.165) is 6.42 Å². The van der Waals surface area contributed by atoms with E-state index < -0.39 is 10.0 Å². The molecule has 1 saturated heterocycles. The fraction of sp³-hybridized carbons (Fsp3) is 0.611. The summed E-state index contributed by atoms with van der Waals surface area (Å²) in [5.41, 5.74) is 0.